The molecule has 2 heterocycles. The first-order chi connectivity index (χ1) is 20.7. The van der Waals surface area contributed by atoms with E-state index < -0.39 is 0 Å². The Morgan fingerprint density at radius 3 is 1.43 bits per heavy atom. The van der Waals surface area contributed by atoms with Crippen LogP contribution >= 0.6 is 0 Å². The fourth-order valence-electron chi connectivity index (χ4n) is 5.97. The van der Waals surface area contributed by atoms with Gasteiger partial charge in [0.05, 0.1) is 0 Å². The molecule has 4 aromatic carbocycles. The van der Waals surface area contributed by atoms with Crippen LogP contribution < -0.4 is 4.74 Å². The van der Waals surface area contributed by atoms with Crippen molar-refractivity contribution in [3.8, 4) is 28.0 Å². The van der Waals surface area contributed by atoms with E-state index in [9.17, 15) is 0 Å². The first kappa shape index (κ1) is 28.6. The molecular weight excluding hydrogens is 516 g/mol. The lowest BCUT2D eigenvalue weighted by molar-refractivity contribution is 0.112. The Hall–Kier alpha value is -3.48. The van der Waals surface area contributed by atoms with E-state index in [0.717, 1.165) is 84.3 Å². The predicted octanol–water partition coefficient (Wildman–Crippen LogP) is 5.96. The van der Waals surface area contributed by atoms with E-state index in [2.05, 4.69) is 130 Å². The van der Waals surface area contributed by atoms with Crippen LogP contribution in [-0.2, 0) is 13.1 Å². The third kappa shape index (κ3) is 7.87. The molecule has 0 saturated carbocycles. The normalized spacial score (nSPS) is 17.4. The lowest BCUT2D eigenvalue weighted by Crippen LogP contribution is -2.47. The van der Waals surface area contributed by atoms with Crippen LogP contribution in [-0.4, -0.2) is 92.2 Å². The van der Waals surface area contributed by atoms with E-state index >= 15 is 0 Å². The van der Waals surface area contributed by atoms with Gasteiger partial charge in [0, 0.05) is 72.0 Å². The summed E-state index contributed by atoms with van der Waals surface area (Å²) in [5.41, 5.74) is 7.83. The highest BCUT2D eigenvalue weighted by Crippen LogP contribution is 2.24. The quantitative estimate of drug-likeness (QED) is 0.238. The van der Waals surface area contributed by atoms with Crippen LogP contribution in [0.25, 0.3) is 22.3 Å². The van der Waals surface area contributed by atoms with Gasteiger partial charge in [0.15, 0.2) is 0 Å². The molecule has 6 rings (SSSR count). The number of rotatable bonds is 10. The Balaban J connectivity index is 0.898. The van der Waals surface area contributed by atoms with Gasteiger partial charge in [0.25, 0.3) is 0 Å². The topological polar surface area (TPSA) is 22.2 Å². The summed E-state index contributed by atoms with van der Waals surface area (Å²) >= 11 is 0. The summed E-state index contributed by atoms with van der Waals surface area (Å²) in [6.07, 6.45) is 0. The predicted molar refractivity (Wildman–Crippen MR) is 174 cm³/mol. The summed E-state index contributed by atoms with van der Waals surface area (Å²) in [7, 11) is 2.21. The van der Waals surface area contributed by atoms with E-state index in [1.807, 2.05) is 0 Å². The second kappa shape index (κ2) is 14.1. The second-order valence-corrected chi connectivity index (χ2v) is 11.8. The lowest BCUT2D eigenvalue weighted by atomic mass is 10.0. The lowest BCUT2D eigenvalue weighted by Gasteiger charge is -2.34. The molecule has 42 heavy (non-hydrogen) atoms. The maximum Gasteiger partial charge on any atom is 0.119 e. The second-order valence-electron chi connectivity index (χ2n) is 11.8. The number of piperazine rings is 2. The van der Waals surface area contributed by atoms with Gasteiger partial charge in [0.1, 0.15) is 12.4 Å². The van der Waals surface area contributed by atoms with Gasteiger partial charge in [0.2, 0.25) is 0 Å². The van der Waals surface area contributed by atoms with Crippen molar-refractivity contribution in [3.05, 3.63) is 114 Å². The number of hydrogen-bond acceptors (Lipinski definition) is 5. The molecule has 2 aliphatic heterocycles. The molecule has 0 unspecified atom stereocenters. The Kier molecular flexibility index (Phi) is 9.63. The minimum absolute atomic E-state index is 0.723. The Bertz CT molecular complexity index is 1360. The van der Waals surface area contributed by atoms with Gasteiger partial charge in [-0.1, -0.05) is 91.0 Å². The van der Waals surface area contributed by atoms with Crippen LogP contribution in [0.1, 0.15) is 11.1 Å². The largest absolute Gasteiger partial charge is 0.492 e. The molecule has 2 saturated heterocycles. The summed E-state index contributed by atoms with van der Waals surface area (Å²) in [4.78, 5) is 10.0. The van der Waals surface area contributed by atoms with Crippen molar-refractivity contribution in [2.75, 3.05) is 72.6 Å². The van der Waals surface area contributed by atoms with Crippen LogP contribution in [0.4, 0.5) is 0 Å². The molecule has 2 fully saturated rings. The van der Waals surface area contributed by atoms with E-state index in [1.54, 1.807) is 0 Å². The molecule has 4 aromatic rings. The van der Waals surface area contributed by atoms with Crippen molar-refractivity contribution >= 4 is 0 Å². The third-order valence-electron chi connectivity index (χ3n) is 8.75. The first-order valence-electron chi connectivity index (χ1n) is 15.5. The van der Waals surface area contributed by atoms with E-state index in [4.69, 9.17) is 4.74 Å². The monoisotopic (exact) mass is 560 g/mol. The average Bonchev–Trinajstić information content (AvgIpc) is 3.05. The van der Waals surface area contributed by atoms with E-state index in [0.29, 0.717) is 0 Å². The molecule has 5 heteroatoms. The van der Waals surface area contributed by atoms with Crippen molar-refractivity contribution in [1.29, 1.82) is 0 Å². The summed E-state index contributed by atoms with van der Waals surface area (Å²) < 4.78 is 6.12. The zero-order valence-electron chi connectivity index (χ0n) is 25.0. The molecule has 2 aliphatic rings. The number of nitrogens with zero attached hydrogens (tertiary/aromatic N) is 4. The molecule has 218 valence electrons. The molecule has 0 aliphatic carbocycles. The van der Waals surface area contributed by atoms with E-state index in [1.165, 1.54) is 33.4 Å². The number of ether oxygens (including phenoxy) is 1. The number of likely N-dealkylation sites (N-methyl/N-ethyl adjacent to an activating group) is 1. The van der Waals surface area contributed by atoms with Crippen molar-refractivity contribution in [3.63, 3.8) is 0 Å². The van der Waals surface area contributed by atoms with Crippen molar-refractivity contribution in [2.45, 2.75) is 13.1 Å². The average molecular weight is 561 g/mol. The first-order valence-corrected chi connectivity index (χ1v) is 15.5. The van der Waals surface area contributed by atoms with Gasteiger partial charge in [-0.2, -0.15) is 0 Å². The van der Waals surface area contributed by atoms with Gasteiger partial charge in [-0.05, 0) is 52.6 Å². The third-order valence-corrected chi connectivity index (χ3v) is 8.75. The molecule has 0 bridgehead atoms. The number of hydrogen-bond donors (Lipinski definition) is 0. The van der Waals surface area contributed by atoms with Gasteiger partial charge >= 0.3 is 0 Å². The molecule has 0 atom stereocenters. The molecule has 0 N–H and O–H groups in total. The van der Waals surface area contributed by atoms with E-state index in [-0.39, 0.29) is 0 Å². The Morgan fingerprint density at radius 1 is 0.476 bits per heavy atom. The summed E-state index contributed by atoms with van der Waals surface area (Å²) in [6, 6.07) is 37.3. The molecule has 0 spiro atoms. The Morgan fingerprint density at radius 2 is 0.905 bits per heavy atom. The minimum Gasteiger partial charge on any atom is -0.492 e. The van der Waals surface area contributed by atoms with Crippen molar-refractivity contribution in [2.24, 2.45) is 0 Å². The molecular formula is C37H44N4O. The Labute approximate surface area is 251 Å². The molecule has 0 aromatic heterocycles. The van der Waals surface area contributed by atoms with Crippen molar-refractivity contribution in [1.82, 2.24) is 19.6 Å². The minimum atomic E-state index is 0.723. The van der Waals surface area contributed by atoms with Gasteiger partial charge in [-0.25, -0.2) is 0 Å². The summed E-state index contributed by atoms with van der Waals surface area (Å²) in [5, 5.41) is 0. The summed E-state index contributed by atoms with van der Waals surface area (Å²) in [6.45, 7) is 12.8. The van der Waals surface area contributed by atoms with Crippen LogP contribution in [0.3, 0.4) is 0 Å². The molecule has 0 radical (unpaired) electrons. The van der Waals surface area contributed by atoms with Gasteiger partial charge < -0.3 is 9.64 Å². The molecule has 5 nitrogen and oxygen atoms in total. The zero-order valence-corrected chi connectivity index (χ0v) is 25.0. The fraction of sp³-hybridized carbons (Fsp3) is 0.351. The smallest absolute Gasteiger partial charge is 0.119 e. The van der Waals surface area contributed by atoms with Crippen molar-refractivity contribution < 1.29 is 4.74 Å². The molecule has 0 amide bonds. The maximum atomic E-state index is 6.12. The highest BCUT2D eigenvalue weighted by atomic mass is 16.5. The number of benzene rings is 4. The highest BCUT2D eigenvalue weighted by Gasteiger charge is 2.17. The standard InChI is InChI=1S/C37H44N4O/c1-38-19-21-40(22-20-38)29-31-9-13-35(14-10-31)36-15-17-37(18-16-36)42-28-27-39-23-25-41(26-24-39)30-32-7-11-34(12-8-32)33-5-3-2-4-6-33/h2-18H,19-30H2,1H3. The zero-order chi connectivity index (χ0) is 28.6. The van der Waals surface area contributed by atoms with Crippen LogP contribution in [0.15, 0.2) is 103 Å². The van der Waals surface area contributed by atoms with Crippen LogP contribution in [0.2, 0.25) is 0 Å². The van der Waals surface area contributed by atoms with Gasteiger partial charge in [-0.15, -0.1) is 0 Å². The SMILES string of the molecule is CN1CCN(Cc2ccc(-c3ccc(OCCN4CCN(Cc5ccc(-c6ccccc6)cc5)CC4)cc3)cc2)CC1. The van der Waals surface area contributed by atoms with Crippen LogP contribution in [0, 0.1) is 0 Å². The maximum absolute atomic E-state index is 6.12. The fourth-order valence-corrected chi connectivity index (χ4v) is 5.97. The van der Waals surface area contributed by atoms with Crippen LogP contribution in [0.5, 0.6) is 5.75 Å². The highest BCUT2D eigenvalue weighted by molar-refractivity contribution is 5.65. The van der Waals surface area contributed by atoms with Gasteiger partial charge in [-0.3, -0.25) is 14.7 Å². The summed E-state index contributed by atoms with van der Waals surface area (Å²) in [5.74, 6) is 0.947.